The highest BCUT2D eigenvalue weighted by molar-refractivity contribution is 7.92. The summed E-state index contributed by atoms with van der Waals surface area (Å²) in [6.07, 6.45) is 0. The Morgan fingerprint density at radius 1 is 0.967 bits per heavy atom. The second-order valence-electron chi connectivity index (χ2n) is 6.97. The minimum atomic E-state index is -3.69. The molecule has 0 unspecified atom stereocenters. The van der Waals surface area contributed by atoms with Crippen LogP contribution in [0.4, 0.5) is 5.69 Å². The summed E-state index contributed by atoms with van der Waals surface area (Å²) in [7, 11) is -0.382. The summed E-state index contributed by atoms with van der Waals surface area (Å²) in [4.78, 5) is 14.5. The first-order chi connectivity index (χ1) is 14.3. The summed E-state index contributed by atoms with van der Waals surface area (Å²) in [5.74, 6) is 0.548. The van der Waals surface area contributed by atoms with Crippen LogP contribution >= 0.6 is 0 Å². The van der Waals surface area contributed by atoms with Crippen LogP contribution in [-0.4, -0.2) is 33.4 Å². The molecule has 1 N–H and O–H groups in total. The van der Waals surface area contributed by atoms with E-state index in [1.54, 1.807) is 67.6 Å². The normalized spacial score (nSPS) is 11.0. The van der Waals surface area contributed by atoms with Gasteiger partial charge in [-0.2, -0.15) is 0 Å². The zero-order chi connectivity index (χ0) is 21.7. The monoisotopic (exact) mass is 424 g/mol. The van der Waals surface area contributed by atoms with Gasteiger partial charge in [0.1, 0.15) is 5.75 Å². The molecular weight excluding hydrogens is 400 g/mol. The van der Waals surface area contributed by atoms with Crippen molar-refractivity contribution in [3.63, 3.8) is 0 Å². The van der Waals surface area contributed by atoms with E-state index in [-0.39, 0.29) is 10.8 Å². The number of sulfonamides is 1. The van der Waals surface area contributed by atoms with Gasteiger partial charge >= 0.3 is 0 Å². The number of amides is 1. The summed E-state index contributed by atoms with van der Waals surface area (Å²) < 4.78 is 32.9. The molecule has 0 fully saturated rings. The van der Waals surface area contributed by atoms with Crippen molar-refractivity contribution in [2.45, 2.75) is 18.4 Å². The molecule has 0 spiro atoms. The van der Waals surface area contributed by atoms with Crippen LogP contribution in [-0.2, 0) is 16.6 Å². The predicted molar refractivity (Wildman–Crippen MR) is 117 cm³/mol. The molecule has 0 aliphatic rings. The van der Waals surface area contributed by atoms with E-state index >= 15 is 0 Å². The van der Waals surface area contributed by atoms with Crippen LogP contribution in [0.1, 0.15) is 21.5 Å². The Kier molecular flexibility index (Phi) is 6.42. The first kappa shape index (κ1) is 21.4. The Morgan fingerprint density at radius 2 is 1.60 bits per heavy atom. The quantitative estimate of drug-likeness (QED) is 0.620. The smallest absolute Gasteiger partial charge is 0.261 e. The molecule has 6 nitrogen and oxygen atoms in total. The largest absolute Gasteiger partial charge is 0.496 e. The number of hydrogen-bond donors (Lipinski definition) is 1. The molecule has 3 aromatic rings. The molecule has 1 amide bonds. The van der Waals surface area contributed by atoms with E-state index in [1.165, 1.54) is 0 Å². The van der Waals surface area contributed by atoms with E-state index < -0.39 is 10.0 Å². The van der Waals surface area contributed by atoms with Gasteiger partial charge in [-0.05, 0) is 49.4 Å². The number of aryl methyl sites for hydroxylation is 1. The molecule has 3 aromatic carbocycles. The van der Waals surface area contributed by atoms with Crippen molar-refractivity contribution in [1.29, 1.82) is 0 Å². The third-order valence-electron chi connectivity index (χ3n) is 4.66. The van der Waals surface area contributed by atoms with Crippen LogP contribution in [0.25, 0.3) is 0 Å². The van der Waals surface area contributed by atoms with E-state index in [9.17, 15) is 13.2 Å². The number of nitrogens with one attached hydrogen (secondary N) is 1. The van der Waals surface area contributed by atoms with Gasteiger partial charge < -0.3 is 9.64 Å². The number of ether oxygens (including phenoxy) is 1. The van der Waals surface area contributed by atoms with Crippen LogP contribution in [0, 0.1) is 6.92 Å². The number of methoxy groups -OCH3 is 1. The van der Waals surface area contributed by atoms with Gasteiger partial charge in [0.25, 0.3) is 15.9 Å². The Hall–Kier alpha value is -3.32. The van der Waals surface area contributed by atoms with Crippen LogP contribution < -0.4 is 9.46 Å². The number of carbonyl (C=O) groups is 1. The summed E-state index contributed by atoms with van der Waals surface area (Å²) in [6, 6.07) is 20.5. The van der Waals surface area contributed by atoms with Crippen LogP contribution in [0.15, 0.2) is 77.7 Å². The second-order valence-corrected chi connectivity index (χ2v) is 8.65. The van der Waals surface area contributed by atoms with E-state index in [2.05, 4.69) is 4.72 Å². The second kappa shape index (κ2) is 9.00. The van der Waals surface area contributed by atoms with Crippen LogP contribution in [0.2, 0.25) is 0 Å². The highest BCUT2D eigenvalue weighted by Crippen LogP contribution is 2.21. The fourth-order valence-electron chi connectivity index (χ4n) is 2.99. The van der Waals surface area contributed by atoms with Gasteiger partial charge in [0.2, 0.25) is 0 Å². The zero-order valence-electron chi connectivity index (χ0n) is 17.1. The van der Waals surface area contributed by atoms with Crippen molar-refractivity contribution in [2.24, 2.45) is 0 Å². The molecule has 3 rings (SSSR count). The Balaban J connectivity index is 1.70. The molecule has 0 saturated carbocycles. The SMILES string of the molecule is COc1ccccc1CN(C)C(=O)c1ccc(NS(=O)(=O)c2ccc(C)cc2)cc1. The molecule has 0 aliphatic heterocycles. The molecule has 0 heterocycles. The molecule has 156 valence electrons. The third-order valence-corrected chi connectivity index (χ3v) is 6.06. The summed E-state index contributed by atoms with van der Waals surface area (Å²) in [5.41, 5.74) is 2.73. The number of nitrogens with zero attached hydrogens (tertiary/aromatic N) is 1. The molecule has 0 atom stereocenters. The van der Waals surface area contributed by atoms with E-state index in [0.29, 0.717) is 17.8 Å². The van der Waals surface area contributed by atoms with Crippen molar-refractivity contribution < 1.29 is 17.9 Å². The Bertz CT molecular complexity index is 1120. The lowest BCUT2D eigenvalue weighted by Gasteiger charge is -2.19. The van der Waals surface area contributed by atoms with Gasteiger partial charge in [-0.15, -0.1) is 0 Å². The highest BCUT2D eigenvalue weighted by atomic mass is 32.2. The average Bonchev–Trinajstić information content (AvgIpc) is 2.74. The predicted octanol–water partition coefficient (Wildman–Crippen LogP) is 4.08. The number of carbonyl (C=O) groups excluding carboxylic acids is 1. The van der Waals surface area contributed by atoms with Gasteiger partial charge in [-0.25, -0.2) is 8.42 Å². The van der Waals surface area contributed by atoms with E-state index in [1.807, 2.05) is 31.2 Å². The molecule has 0 radical (unpaired) electrons. The molecule has 30 heavy (non-hydrogen) atoms. The first-order valence-electron chi connectivity index (χ1n) is 9.37. The molecule has 0 bridgehead atoms. The first-order valence-corrected chi connectivity index (χ1v) is 10.9. The van der Waals surface area contributed by atoms with Gasteiger partial charge in [-0.1, -0.05) is 35.9 Å². The summed E-state index contributed by atoms with van der Waals surface area (Å²) >= 11 is 0. The number of benzene rings is 3. The summed E-state index contributed by atoms with van der Waals surface area (Å²) in [5, 5.41) is 0. The van der Waals surface area contributed by atoms with E-state index in [0.717, 1.165) is 16.9 Å². The maximum Gasteiger partial charge on any atom is 0.261 e. The van der Waals surface area contributed by atoms with E-state index in [4.69, 9.17) is 4.74 Å². The number of hydrogen-bond acceptors (Lipinski definition) is 4. The molecule has 0 aromatic heterocycles. The summed E-state index contributed by atoms with van der Waals surface area (Å²) in [6.45, 7) is 2.29. The van der Waals surface area contributed by atoms with Crippen molar-refractivity contribution >= 4 is 21.6 Å². The Morgan fingerprint density at radius 3 is 2.23 bits per heavy atom. The van der Waals surface area contributed by atoms with Gasteiger partial charge in [0.15, 0.2) is 0 Å². The zero-order valence-corrected chi connectivity index (χ0v) is 17.9. The van der Waals surface area contributed by atoms with Crippen molar-refractivity contribution in [3.05, 3.63) is 89.5 Å². The lowest BCUT2D eigenvalue weighted by atomic mass is 10.1. The number of para-hydroxylation sites is 1. The van der Waals surface area contributed by atoms with Crippen molar-refractivity contribution in [1.82, 2.24) is 4.90 Å². The van der Waals surface area contributed by atoms with Crippen molar-refractivity contribution in [3.8, 4) is 5.75 Å². The van der Waals surface area contributed by atoms with Gasteiger partial charge in [-0.3, -0.25) is 9.52 Å². The molecule has 0 aliphatic carbocycles. The lowest BCUT2D eigenvalue weighted by Crippen LogP contribution is -2.26. The van der Waals surface area contributed by atoms with Crippen LogP contribution in [0.3, 0.4) is 0 Å². The molecule has 7 heteroatoms. The molecular formula is C23H24N2O4S. The van der Waals surface area contributed by atoms with Crippen molar-refractivity contribution in [2.75, 3.05) is 18.9 Å². The molecule has 0 saturated heterocycles. The Labute approximate surface area is 177 Å². The fraction of sp³-hybridized carbons (Fsp3) is 0.174. The standard InChI is InChI=1S/C23H24N2O4S/c1-17-8-14-21(15-9-17)30(27,28)24-20-12-10-18(11-13-20)23(26)25(2)16-19-6-4-5-7-22(19)29-3/h4-15,24H,16H2,1-3H3. The highest BCUT2D eigenvalue weighted by Gasteiger charge is 2.16. The lowest BCUT2D eigenvalue weighted by molar-refractivity contribution is 0.0784. The van der Waals surface area contributed by atoms with Gasteiger partial charge in [0, 0.05) is 30.4 Å². The maximum absolute atomic E-state index is 12.7. The maximum atomic E-state index is 12.7. The average molecular weight is 425 g/mol. The number of rotatable bonds is 7. The fourth-order valence-corrected chi connectivity index (χ4v) is 4.05. The minimum Gasteiger partial charge on any atom is -0.496 e. The minimum absolute atomic E-state index is 0.172. The third kappa shape index (κ3) is 4.99. The number of anilines is 1. The van der Waals surface area contributed by atoms with Crippen LogP contribution in [0.5, 0.6) is 5.75 Å². The van der Waals surface area contributed by atoms with Gasteiger partial charge in [0.05, 0.1) is 12.0 Å². The topological polar surface area (TPSA) is 75.7 Å².